The minimum absolute atomic E-state index is 0.169. The van der Waals surface area contributed by atoms with Gasteiger partial charge < -0.3 is 9.84 Å². The molecule has 1 aromatic heterocycles. The Morgan fingerprint density at radius 2 is 1.96 bits per heavy atom. The quantitative estimate of drug-likeness (QED) is 0.570. The minimum Gasteiger partial charge on any atom is -0.334 e. The lowest BCUT2D eigenvalue weighted by Gasteiger charge is -2.12. The van der Waals surface area contributed by atoms with Crippen LogP contribution in [0.3, 0.4) is 0 Å². The predicted octanol–water partition coefficient (Wildman–Crippen LogP) is 5.03. The summed E-state index contributed by atoms with van der Waals surface area (Å²) in [5, 5.41) is 7.00. The van der Waals surface area contributed by atoms with Crippen molar-refractivity contribution >= 4 is 34.2 Å². The van der Waals surface area contributed by atoms with Crippen LogP contribution < -0.4 is 5.32 Å². The van der Waals surface area contributed by atoms with E-state index in [4.69, 9.17) is 4.52 Å². The number of amides is 1. The van der Waals surface area contributed by atoms with Crippen molar-refractivity contribution in [2.45, 2.75) is 26.7 Å². The molecule has 3 aromatic rings. The van der Waals surface area contributed by atoms with Crippen molar-refractivity contribution in [2.75, 3.05) is 5.32 Å². The summed E-state index contributed by atoms with van der Waals surface area (Å²) in [6.07, 6.45) is 0. The second-order valence-electron chi connectivity index (χ2n) is 6.07. The van der Waals surface area contributed by atoms with E-state index in [0.717, 1.165) is 14.7 Å². The summed E-state index contributed by atoms with van der Waals surface area (Å²) in [5.74, 6) is 1.06. The van der Waals surface area contributed by atoms with Gasteiger partial charge in [0.05, 0.1) is 11.3 Å². The Morgan fingerprint density at radius 1 is 1.20 bits per heavy atom. The van der Waals surface area contributed by atoms with Gasteiger partial charge in [0.1, 0.15) is 0 Å². The summed E-state index contributed by atoms with van der Waals surface area (Å²) >= 11 is 2.19. The molecule has 0 saturated carbocycles. The molecule has 0 radical (unpaired) electrons. The number of aryl methyl sites for hydroxylation is 1. The molecular weight excluding hydrogens is 429 g/mol. The number of hydrogen-bond acceptors (Lipinski definition) is 4. The number of halogens is 1. The van der Waals surface area contributed by atoms with Crippen molar-refractivity contribution in [1.29, 1.82) is 0 Å². The van der Waals surface area contributed by atoms with E-state index in [9.17, 15) is 4.79 Å². The van der Waals surface area contributed by atoms with Gasteiger partial charge in [-0.15, -0.1) is 0 Å². The van der Waals surface area contributed by atoms with Gasteiger partial charge in [-0.25, -0.2) is 0 Å². The van der Waals surface area contributed by atoms with Crippen LogP contribution in [0.1, 0.15) is 41.5 Å². The maximum atomic E-state index is 12.6. The highest BCUT2D eigenvalue weighted by molar-refractivity contribution is 14.1. The zero-order chi connectivity index (χ0) is 18.0. The van der Waals surface area contributed by atoms with Crippen LogP contribution in [0.25, 0.3) is 11.5 Å². The smallest absolute Gasteiger partial charge is 0.260 e. The summed E-state index contributed by atoms with van der Waals surface area (Å²) in [5.41, 5.74) is 2.94. The Labute approximate surface area is 160 Å². The van der Waals surface area contributed by atoms with E-state index < -0.39 is 0 Å². The van der Waals surface area contributed by atoms with Crippen molar-refractivity contribution < 1.29 is 9.32 Å². The molecule has 0 fully saturated rings. The second-order valence-corrected chi connectivity index (χ2v) is 7.32. The van der Waals surface area contributed by atoms with E-state index in [1.165, 1.54) is 0 Å². The van der Waals surface area contributed by atoms with Crippen molar-refractivity contribution in [3.8, 4) is 11.5 Å². The molecule has 0 unspecified atom stereocenters. The molecule has 0 aliphatic rings. The van der Waals surface area contributed by atoms with Gasteiger partial charge in [-0.3, -0.25) is 4.79 Å². The van der Waals surface area contributed by atoms with Crippen LogP contribution in [0.5, 0.6) is 0 Å². The molecule has 5 nitrogen and oxygen atoms in total. The fourth-order valence-corrected chi connectivity index (χ4v) is 2.95. The maximum Gasteiger partial charge on any atom is 0.260 e. The van der Waals surface area contributed by atoms with Gasteiger partial charge in [0.2, 0.25) is 0 Å². The number of nitrogens with one attached hydrogen (secondary N) is 1. The van der Waals surface area contributed by atoms with Gasteiger partial charge in [0.15, 0.2) is 5.82 Å². The largest absolute Gasteiger partial charge is 0.334 e. The summed E-state index contributed by atoms with van der Waals surface area (Å²) in [6, 6.07) is 13.2. The van der Waals surface area contributed by atoms with Crippen LogP contribution in [-0.2, 0) is 0 Å². The van der Waals surface area contributed by atoms with Gasteiger partial charge in [-0.05, 0) is 59.3 Å². The van der Waals surface area contributed by atoms with Crippen molar-refractivity contribution in [2.24, 2.45) is 0 Å². The molecule has 1 amide bonds. The van der Waals surface area contributed by atoms with Crippen molar-refractivity contribution in [3.63, 3.8) is 0 Å². The highest BCUT2D eigenvalue weighted by Crippen LogP contribution is 2.31. The lowest BCUT2D eigenvalue weighted by Crippen LogP contribution is -2.13. The molecule has 0 atom stereocenters. The van der Waals surface area contributed by atoms with Crippen molar-refractivity contribution in [3.05, 3.63) is 63.0 Å². The monoisotopic (exact) mass is 447 g/mol. The third kappa shape index (κ3) is 3.89. The number of nitrogens with zero attached hydrogens (tertiary/aromatic N) is 2. The first-order valence-corrected chi connectivity index (χ1v) is 9.04. The standard InChI is InChI=1S/C19H18IN3O2/c1-11(2)17-22-19(25-23-17)15-9-4-6-12(3)16(15)21-18(24)13-7-5-8-14(20)10-13/h4-11H,1-3H3,(H,21,24). The molecule has 25 heavy (non-hydrogen) atoms. The molecule has 6 heteroatoms. The van der Waals surface area contributed by atoms with Gasteiger partial charge in [0, 0.05) is 15.1 Å². The molecule has 0 aliphatic carbocycles. The zero-order valence-corrected chi connectivity index (χ0v) is 16.4. The van der Waals surface area contributed by atoms with Crippen LogP contribution in [0.2, 0.25) is 0 Å². The number of anilines is 1. The SMILES string of the molecule is Cc1cccc(-c2nc(C(C)C)no2)c1NC(=O)c1cccc(I)c1. The zero-order valence-electron chi connectivity index (χ0n) is 14.2. The molecule has 3 rings (SSSR count). The van der Waals surface area contributed by atoms with E-state index in [1.54, 1.807) is 6.07 Å². The van der Waals surface area contributed by atoms with Crippen LogP contribution in [0.15, 0.2) is 47.0 Å². The molecule has 128 valence electrons. The van der Waals surface area contributed by atoms with Gasteiger partial charge >= 0.3 is 0 Å². The van der Waals surface area contributed by atoms with E-state index >= 15 is 0 Å². The first-order chi connectivity index (χ1) is 12.0. The van der Waals surface area contributed by atoms with Gasteiger partial charge in [-0.2, -0.15) is 4.98 Å². The van der Waals surface area contributed by atoms with Gasteiger partial charge in [0.25, 0.3) is 11.8 Å². The Morgan fingerprint density at radius 3 is 2.64 bits per heavy atom. The Kier molecular flexibility index (Phi) is 5.17. The number of hydrogen-bond donors (Lipinski definition) is 1. The average molecular weight is 447 g/mol. The fraction of sp³-hybridized carbons (Fsp3) is 0.211. The normalized spacial score (nSPS) is 10.9. The van der Waals surface area contributed by atoms with E-state index in [-0.39, 0.29) is 11.8 Å². The topological polar surface area (TPSA) is 68.0 Å². The van der Waals surface area contributed by atoms with Gasteiger partial charge in [-0.1, -0.05) is 37.2 Å². The van der Waals surface area contributed by atoms with Crippen LogP contribution in [-0.4, -0.2) is 16.0 Å². The van der Waals surface area contributed by atoms with Crippen molar-refractivity contribution in [1.82, 2.24) is 10.1 Å². The molecule has 0 saturated heterocycles. The second kappa shape index (κ2) is 7.35. The lowest BCUT2D eigenvalue weighted by atomic mass is 10.1. The number of aromatic nitrogens is 2. The third-order valence-electron chi connectivity index (χ3n) is 3.79. The van der Waals surface area contributed by atoms with Crippen LogP contribution in [0, 0.1) is 10.5 Å². The molecule has 1 heterocycles. The fourth-order valence-electron chi connectivity index (χ4n) is 2.41. The molecule has 0 spiro atoms. The predicted molar refractivity (Wildman–Crippen MR) is 106 cm³/mol. The Balaban J connectivity index is 1.97. The van der Waals surface area contributed by atoms with E-state index in [0.29, 0.717) is 23.0 Å². The summed E-state index contributed by atoms with van der Waals surface area (Å²) < 4.78 is 6.41. The number of carbonyl (C=O) groups is 1. The highest BCUT2D eigenvalue weighted by atomic mass is 127. The number of benzene rings is 2. The van der Waals surface area contributed by atoms with Crippen LogP contribution in [0.4, 0.5) is 5.69 Å². The lowest BCUT2D eigenvalue weighted by molar-refractivity contribution is 0.102. The van der Waals surface area contributed by atoms with Crippen LogP contribution >= 0.6 is 22.6 Å². The summed E-state index contributed by atoms with van der Waals surface area (Å²) in [6.45, 7) is 5.95. The number of rotatable bonds is 4. The Hall–Kier alpha value is -2.22. The maximum absolute atomic E-state index is 12.6. The third-order valence-corrected chi connectivity index (χ3v) is 4.46. The molecule has 2 aromatic carbocycles. The Bertz CT molecular complexity index is 919. The average Bonchev–Trinajstić information content (AvgIpc) is 3.06. The molecule has 0 aliphatic heterocycles. The molecule has 1 N–H and O–H groups in total. The first-order valence-electron chi connectivity index (χ1n) is 7.96. The number of para-hydroxylation sites is 1. The molecular formula is C19H18IN3O2. The van der Waals surface area contributed by atoms with E-state index in [2.05, 4.69) is 38.0 Å². The van der Waals surface area contributed by atoms with E-state index in [1.807, 2.05) is 57.2 Å². The number of carbonyl (C=O) groups excluding carboxylic acids is 1. The highest BCUT2D eigenvalue weighted by Gasteiger charge is 2.18. The summed E-state index contributed by atoms with van der Waals surface area (Å²) in [4.78, 5) is 17.1. The minimum atomic E-state index is -0.169. The first kappa shape index (κ1) is 17.6. The molecule has 0 bridgehead atoms. The summed E-state index contributed by atoms with van der Waals surface area (Å²) in [7, 11) is 0.